The van der Waals surface area contributed by atoms with Crippen LogP contribution in [0.1, 0.15) is 13.3 Å². The number of alkyl halides is 2. The van der Waals surface area contributed by atoms with Crippen LogP contribution in [0.2, 0.25) is 0 Å². The van der Waals surface area contributed by atoms with Gasteiger partial charge in [0.15, 0.2) is 0 Å². The lowest BCUT2D eigenvalue weighted by molar-refractivity contribution is -0.127. The van der Waals surface area contributed by atoms with Gasteiger partial charge >= 0.3 is 0 Å². The van der Waals surface area contributed by atoms with Gasteiger partial charge in [0.25, 0.3) is 5.92 Å². The standard InChI is InChI=1S/C8H12F2O/c1-6(2)7-5-11-4-3-8(7,9)10/h7H,1,3-5H2,2H3. The summed E-state index contributed by atoms with van der Waals surface area (Å²) in [6.07, 6.45) is -0.176. The average Bonchev–Trinajstić information content (AvgIpc) is 1.85. The van der Waals surface area contributed by atoms with Crippen molar-refractivity contribution in [2.45, 2.75) is 19.3 Å². The predicted octanol–water partition coefficient (Wildman–Crippen LogP) is 2.23. The summed E-state index contributed by atoms with van der Waals surface area (Å²) in [5, 5.41) is 0. The molecule has 1 rings (SSSR count). The summed E-state index contributed by atoms with van der Waals surface area (Å²) >= 11 is 0. The number of halogens is 2. The van der Waals surface area contributed by atoms with E-state index in [-0.39, 0.29) is 19.6 Å². The van der Waals surface area contributed by atoms with Gasteiger partial charge in [-0.3, -0.25) is 0 Å². The fraction of sp³-hybridized carbons (Fsp3) is 0.750. The maximum atomic E-state index is 13.0. The van der Waals surface area contributed by atoms with Crippen LogP contribution in [0.25, 0.3) is 0 Å². The van der Waals surface area contributed by atoms with Crippen molar-refractivity contribution in [1.29, 1.82) is 0 Å². The molecule has 1 aliphatic rings. The smallest absolute Gasteiger partial charge is 0.258 e. The van der Waals surface area contributed by atoms with E-state index < -0.39 is 11.8 Å². The van der Waals surface area contributed by atoms with E-state index in [1.54, 1.807) is 6.92 Å². The van der Waals surface area contributed by atoms with E-state index >= 15 is 0 Å². The molecule has 0 radical (unpaired) electrons. The van der Waals surface area contributed by atoms with Crippen LogP contribution in [-0.2, 0) is 4.74 Å². The second-order valence-corrected chi connectivity index (χ2v) is 2.98. The van der Waals surface area contributed by atoms with Crippen LogP contribution in [0.4, 0.5) is 8.78 Å². The minimum Gasteiger partial charge on any atom is -0.380 e. The molecule has 1 saturated heterocycles. The quantitative estimate of drug-likeness (QED) is 0.537. The van der Waals surface area contributed by atoms with Crippen molar-refractivity contribution in [1.82, 2.24) is 0 Å². The van der Waals surface area contributed by atoms with E-state index in [2.05, 4.69) is 6.58 Å². The molecule has 3 heteroatoms. The van der Waals surface area contributed by atoms with Gasteiger partial charge in [-0.15, -0.1) is 0 Å². The Balaban J connectivity index is 2.67. The van der Waals surface area contributed by atoms with Gasteiger partial charge in [-0.2, -0.15) is 0 Å². The Kier molecular flexibility index (Phi) is 2.28. The lowest BCUT2D eigenvalue weighted by atomic mass is 9.92. The third-order valence-electron chi connectivity index (χ3n) is 1.97. The minimum absolute atomic E-state index is 0.113. The first-order chi connectivity index (χ1) is 5.04. The van der Waals surface area contributed by atoms with Crippen molar-refractivity contribution < 1.29 is 13.5 Å². The summed E-state index contributed by atoms with van der Waals surface area (Å²) in [5.41, 5.74) is 0.509. The highest BCUT2D eigenvalue weighted by Crippen LogP contribution is 2.35. The minimum atomic E-state index is -2.61. The molecular formula is C8H12F2O. The van der Waals surface area contributed by atoms with Gasteiger partial charge in [-0.25, -0.2) is 8.78 Å². The summed E-state index contributed by atoms with van der Waals surface area (Å²) in [5.74, 6) is -3.39. The van der Waals surface area contributed by atoms with Gasteiger partial charge in [0.2, 0.25) is 0 Å². The maximum absolute atomic E-state index is 13.0. The highest BCUT2D eigenvalue weighted by molar-refractivity contribution is 5.03. The van der Waals surface area contributed by atoms with Gasteiger partial charge < -0.3 is 4.74 Å². The highest BCUT2D eigenvalue weighted by atomic mass is 19.3. The molecule has 0 aromatic heterocycles. The van der Waals surface area contributed by atoms with Crippen molar-refractivity contribution in [3.8, 4) is 0 Å². The van der Waals surface area contributed by atoms with Crippen LogP contribution in [0.3, 0.4) is 0 Å². The topological polar surface area (TPSA) is 9.23 Å². The molecule has 0 aromatic carbocycles. The summed E-state index contributed by atoms with van der Waals surface area (Å²) in [7, 11) is 0. The fourth-order valence-electron chi connectivity index (χ4n) is 1.21. The lowest BCUT2D eigenvalue weighted by Gasteiger charge is -2.31. The van der Waals surface area contributed by atoms with Crippen LogP contribution >= 0.6 is 0 Å². The molecule has 0 aliphatic carbocycles. The van der Waals surface area contributed by atoms with E-state index in [4.69, 9.17) is 4.74 Å². The first kappa shape index (κ1) is 8.65. The normalized spacial score (nSPS) is 29.9. The van der Waals surface area contributed by atoms with Crippen LogP contribution in [0.5, 0.6) is 0 Å². The van der Waals surface area contributed by atoms with Crippen molar-refractivity contribution in [3.05, 3.63) is 12.2 Å². The molecule has 1 aliphatic heterocycles. The molecular weight excluding hydrogens is 150 g/mol. The van der Waals surface area contributed by atoms with Gasteiger partial charge in [0, 0.05) is 6.42 Å². The van der Waals surface area contributed by atoms with Crippen LogP contribution < -0.4 is 0 Å². The summed E-state index contributed by atoms with van der Waals surface area (Å²) in [4.78, 5) is 0. The number of rotatable bonds is 1. The van der Waals surface area contributed by atoms with Gasteiger partial charge in [0.1, 0.15) is 0 Å². The number of ether oxygens (including phenoxy) is 1. The van der Waals surface area contributed by atoms with E-state index in [1.165, 1.54) is 0 Å². The molecule has 0 saturated carbocycles. The zero-order valence-corrected chi connectivity index (χ0v) is 6.57. The molecule has 0 N–H and O–H groups in total. The Morgan fingerprint density at radius 2 is 2.27 bits per heavy atom. The lowest BCUT2D eigenvalue weighted by Crippen LogP contribution is -2.38. The van der Waals surface area contributed by atoms with E-state index in [0.29, 0.717) is 5.57 Å². The predicted molar refractivity (Wildman–Crippen MR) is 38.7 cm³/mol. The molecule has 1 heterocycles. The molecule has 0 bridgehead atoms. The first-order valence-electron chi connectivity index (χ1n) is 3.65. The third kappa shape index (κ3) is 1.77. The van der Waals surface area contributed by atoms with E-state index in [1.807, 2.05) is 0 Å². The van der Waals surface area contributed by atoms with Crippen molar-refractivity contribution in [2.75, 3.05) is 13.2 Å². The zero-order valence-electron chi connectivity index (χ0n) is 6.57. The second kappa shape index (κ2) is 2.89. The molecule has 1 nitrogen and oxygen atoms in total. The van der Waals surface area contributed by atoms with Crippen LogP contribution in [0.15, 0.2) is 12.2 Å². The molecule has 1 unspecified atom stereocenters. The Bertz CT molecular complexity index is 165. The SMILES string of the molecule is C=C(C)C1COCCC1(F)F. The largest absolute Gasteiger partial charge is 0.380 e. The molecule has 0 spiro atoms. The summed E-state index contributed by atoms with van der Waals surface area (Å²) in [6, 6.07) is 0. The molecule has 1 atom stereocenters. The van der Waals surface area contributed by atoms with Crippen LogP contribution in [-0.4, -0.2) is 19.1 Å². The summed E-state index contributed by atoms with van der Waals surface area (Å²) < 4.78 is 30.9. The average molecular weight is 162 g/mol. The van der Waals surface area contributed by atoms with Crippen molar-refractivity contribution in [2.24, 2.45) is 5.92 Å². The van der Waals surface area contributed by atoms with Gasteiger partial charge in [-0.1, -0.05) is 12.2 Å². The Morgan fingerprint density at radius 1 is 1.64 bits per heavy atom. The van der Waals surface area contributed by atoms with E-state index in [9.17, 15) is 8.78 Å². The number of hydrogen-bond acceptors (Lipinski definition) is 1. The maximum Gasteiger partial charge on any atom is 0.258 e. The Hall–Kier alpha value is -0.440. The van der Waals surface area contributed by atoms with Crippen molar-refractivity contribution >= 4 is 0 Å². The molecule has 1 fully saturated rings. The Morgan fingerprint density at radius 3 is 2.64 bits per heavy atom. The fourth-order valence-corrected chi connectivity index (χ4v) is 1.21. The van der Waals surface area contributed by atoms with Gasteiger partial charge in [0.05, 0.1) is 19.1 Å². The Labute approximate surface area is 65.0 Å². The number of hydrogen-bond donors (Lipinski definition) is 0. The first-order valence-corrected chi connectivity index (χ1v) is 3.65. The van der Waals surface area contributed by atoms with Crippen molar-refractivity contribution in [3.63, 3.8) is 0 Å². The molecule has 0 aromatic rings. The molecule has 64 valence electrons. The molecule has 0 amide bonds. The zero-order chi connectivity index (χ0) is 8.48. The van der Waals surface area contributed by atoms with E-state index in [0.717, 1.165) is 0 Å². The summed E-state index contributed by atoms with van der Waals surface area (Å²) in [6.45, 7) is 5.41. The van der Waals surface area contributed by atoms with Gasteiger partial charge in [-0.05, 0) is 6.92 Å². The highest BCUT2D eigenvalue weighted by Gasteiger charge is 2.42. The third-order valence-corrected chi connectivity index (χ3v) is 1.97. The van der Waals surface area contributed by atoms with Crippen LogP contribution in [0, 0.1) is 5.92 Å². The second-order valence-electron chi connectivity index (χ2n) is 2.98. The molecule has 11 heavy (non-hydrogen) atoms. The monoisotopic (exact) mass is 162 g/mol.